The van der Waals surface area contributed by atoms with E-state index in [1.807, 2.05) is 6.92 Å². The Labute approximate surface area is 157 Å². The molecule has 142 valence electrons. The summed E-state index contributed by atoms with van der Waals surface area (Å²) in [5, 5.41) is 10.6. The summed E-state index contributed by atoms with van der Waals surface area (Å²) in [6.07, 6.45) is 4.42. The molecule has 1 aromatic carbocycles. The smallest absolute Gasteiger partial charge is 0.372 e. The maximum absolute atomic E-state index is 13.3. The molecule has 0 amide bonds. The number of nitrogens with two attached hydrogens (primary N) is 1. The summed E-state index contributed by atoms with van der Waals surface area (Å²) >= 11 is 0. The van der Waals surface area contributed by atoms with E-state index in [2.05, 4.69) is 11.9 Å². The van der Waals surface area contributed by atoms with Crippen molar-refractivity contribution in [2.24, 2.45) is 0 Å². The van der Waals surface area contributed by atoms with E-state index in [1.54, 1.807) is 18.2 Å². The van der Waals surface area contributed by atoms with Crippen LogP contribution in [-0.4, -0.2) is 16.1 Å². The normalized spacial score (nSPS) is 11.3. The molecule has 0 atom stereocenters. The number of fused-ring (bicyclic) bond motifs is 3. The number of aryl methyl sites for hydroxylation is 1. The highest BCUT2D eigenvalue weighted by molar-refractivity contribution is 6.05. The van der Waals surface area contributed by atoms with Gasteiger partial charge in [0.15, 0.2) is 5.43 Å². The summed E-state index contributed by atoms with van der Waals surface area (Å²) in [6, 6.07) is 5.18. The van der Waals surface area contributed by atoms with Crippen LogP contribution in [0.4, 0.5) is 5.69 Å². The molecule has 27 heavy (non-hydrogen) atoms. The van der Waals surface area contributed by atoms with Gasteiger partial charge < -0.3 is 15.3 Å². The minimum Gasteiger partial charge on any atom is -0.475 e. The molecule has 3 N–H and O–H groups in total. The summed E-state index contributed by atoms with van der Waals surface area (Å²) in [7, 11) is 0. The van der Waals surface area contributed by atoms with Gasteiger partial charge in [-0.05, 0) is 43.9 Å². The number of nitrogen functional groups attached to an aromatic ring is 1. The topological polar surface area (TPSA) is 106 Å². The van der Waals surface area contributed by atoms with Crippen molar-refractivity contribution in [1.29, 1.82) is 0 Å². The Morgan fingerprint density at radius 1 is 1.19 bits per heavy atom. The Bertz CT molecular complexity index is 1070. The molecule has 0 bridgehead atoms. The van der Waals surface area contributed by atoms with Crippen molar-refractivity contribution < 1.29 is 14.3 Å². The number of hydrogen-bond acceptors (Lipinski definition) is 5. The van der Waals surface area contributed by atoms with E-state index in [9.17, 15) is 14.7 Å². The van der Waals surface area contributed by atoms with Gasteiger partial charge in [-0.1, -0.05) is 26.7 Å². The van der Waals surface area contributed by atoms with Gasteiger partial charge in [0, 0.05) is 11.1 Å². The lowest BCUT2D eigenvalue weighted by atomic mass is 10.00. The number of hydrogen-bond donors (Lipinski definition) is 2. The largest absolute Gasteiger partial charge is 0.475 e. The molecule has 0 aliphatic rings. The predicted molar refractivity (Wildman–Crippen MR) is 106 cm³/mol. The molecule has 0 radical (unpaired) electrons. The number of carboxylic acid groups (broad SMARTS) is 1. The van der Waals surface area contributed by atoms with E-state index >= 15 is 0 Å². The molecule has 2 aromatic heterocycles. The van der Waals surface area contributed by atoms with Crippen LogP contribution in [0.25, 0.3) is 21.9 Å². The summed E-state index contributed by atoms with van der Waals surface area (Å²) in [4.78, 5) is 29.7. The van der Waals surface area contributed by atoms with Gasteiger partial charge in [-0.25, -0.2) is 4.79 Å². The number of rotatable bonds is 7. The van der Waals surface area contributed by atoms with Crippen LogP contribution in [0, 0.1) is 0 Å². The van der Waals surface area contributed by atoms with Crippen LogP contribution in [0.3, 0.4) is 0 Å². The van der Waals surface area contributed by atoms with E-state index in [0.717, 1.165) is 25.7 Å². The maximum atomic E-state index is 13.3. The fraction of sp³-hybridized carbons (Fsp3) is 0.381. The molecule has 0 spiro atoms. The second-order valence-electron chi connectivity index (χ2n) is 6.79. The number of carboxylic acids is 1. The third-order valence-corrected chi connectivity index (χ3v) is 4.76. The standard InChI is InChI=1S/C21H24N2O4/c1-3-5-7-13-18(24)17-16(8-6-4-2)23-15-10-9-12(22)11-14(15)19(17)27-20(13)21(25)26/h9-11H,3-8,22H2,1-2H3,(H,25,26). The zero-order valence-electron chi connectivity index (χ0n) is 15.7. The van der Waals surface area contributed by atoms with Crippen molar-refractivity contribution in [3.8, 4) is 0 Å². The third kappa shape index (κ3) is 3.52. The summed E-state index contributed by atoms with van der Waals surface area (Å²) < 4.78 is 5.83. The van der Waals surface area contributed by atoms with E-state index < -0.39 is 5.97 Å². The van der Waals surface area contributed by atoms with Gasteiger partial charge in [-0.2, -0.15) is 0 Å². The van der Waals surface area contributed by atoms with Crippen molar-refractivity contribution in [1.82, 2.24) is 4.98 Å². The number of benzene rings is 1. The molecular formula is C21H24N2O4. The molecule has 3 aromatic rings. The molecule has 0 fully saturated rings. The van der Waals surface area contributed by atoms with Crippen LogP contribution in [0.2, 0.25) is 0 Å². The highest BCUT2D eigenvalue weighted by Crippen LogP contribution is 2.29. The van der Waals surface area contributed by atoms with Gasteiger partial charge in [-0.3, -0.25) is 9.78 Å². The van der Waals surface area contributed by atoms with Crippen molar-refractivity contribution in [2.75, 3.05) is 5.73 Å². The van der Waals surface area contributed by atoms with Crippen LogP contribution < -0.4 is 11.2 Å². The van der Waals surface area contributed by atoms with Crippen LogP contribution in [0.5, 0.6) is 0 Å². The maximum Gasteiger partial charge on any atom is 0.372 e. The highest BCUT2D eigenvalue weighted by Gasteiger charge is 2.23. The SMILES string of the molecule is CCCCc1c(C(=O)O)oc2c(c(CCCC)nc3ccc(N)cc32)c1=O. The summed E-state index contributed by atoms with van der Waals surface area (Å²) in [6.45, 7) is 4.06. The Morgan fingerprint density at radius 3 is 2.56 bits per heavy atom. The fourth-order valence-corrected chi connectivity index (χ4v) is 3.34. The second kappa shape index (κ2) is 7.78. The van der Waals surface area contributed by atoms with Crippen molar-refractivity contribution in [2.45, 2.75) is 52.4 Å². The van der Waals surface area contributed by atoms with Gasteiger partial charge in [0.1, 0.15) is 5.58 Å². The number of unbranched alkanes of at least 4 members (excludes halogenated alkanes) is 2. The van der Waals surface area contributed by atoms with Crippen molar-refractivity contribution >= 4 is 33.5 Å². The first-order chi connectivity index (χ1) is 13.0. The van der Waals surface area contributed by atoms with E-state index in [-0.39, 0.29) is 22.3 Å². The average molecular weight is 368 g/mol. The highest BCUT2D eigenvalue weighted by atomic mass is 16.4. The van der Waals surface area contributed by atoms with Gasteiger partial charge in [0.05, 0.1) is 22.2 Å². The number of pyridine rings is 1. The van der Waals surface area contributed by atoms with Crippen LogP contribution >= 0.6 is 0 Å². The molecule has 2 heterocycles. The summed E-state index contributed by atoms with van der Waals surface area (Å²) in [5.74, 6) is -1.51. The Kier molecular flexibility index (Phi) is 5.44. The first-order valence-electron chi connectivity index (χ1n) is 9.39. The third-order valence-electron chi connectivity index (χ3n) is 4.76. The van der Waals surface area contributed by atoms with Crippen LogP contribution in [-0.2, 0) is 12.8 Å². The van der Waals surface area contributed by atoms with E-state index in [1.165, 1.54) is 0 Å². The first kappa shape index (κ1) is 18.9. The number of aromatic nitrogens is 1. The second-order valence-corrected chi connectivity index (χ2v) is 6.79. The lowest BCUT2D eigenvalue weighted by molar-refractivity contribution is 0.0661. The summed E-state index contributed by atoms with van der Waals surface area (Å²) in [5.41, 5.74) is 7.90. The zero-order chi connectivity index (χ0) is 19.6. The van der Waals surface area contributed by atoms with Gasteiger partial charge >= 0.3 is 5.97 Å². The number of anilines is 1. The molecule has 0 unspecified atom stereocenters. The van der Waals surface area contributed by atoms with E-state index in [0.29, 0.717) is 40.5 Å². The number of nitrogens with zero attached hydrogens (tertiary/aromatic N) is 1. The minimum absolute atomic E-state index is 0.222. The van der Waals surface area contributed by atoms with Crippen molar-refractivity contribution in [3.05, 3.63) is 45.4 Å². The quantitative estimate of drug-likeness (QED) is 0.475. The van der Waals surface area contributed by atoms with Crippen LogP contribution in [0.1, 0.15) is 61.3 Å². The minimum atomic E-state index is -1.23. The fourth-order valence-electron chi connectivity index (χ4n) is 3.34. The molecule has 6 heteroatoms. The van der Waals surface area contributed by atoms with Crippen molar-refractivity contribution in [3.63, 3.8) is 0 Å². The molecule has 0 saturated carbocycles. The Balaban J connectivity index is 2.45. The lowest BCUT2D eigenvalue weighted by Gasteiger charge is -2.12. The van der Waals surface area contributed by atoms with Gasteiger partial charge in [0.2, 0.25) is 5.76 Å². The van der Waals surface area contributed by atoms with Gasteiger partial charge in [0.25, 0.3) is 0 Å². The molecule has 0 aliphatic carbocycles. The van der Waals surface area contributed by atoms with Gasteiger partial charge in [-0.15, -0.1) is 0 Å². The molecule has 0 saturated heterocycles. The molecule has 3 rings (SSSR count). The predicted octanol–water partition coefficient (Wildman–Crippen LogP) is 4.31. The number of carbonyl (C=O) groups is 1. The molecule has 0 aliphatic heterocycles. The Hall–Kier alpha value is -2.89. The number of aromatic carboxylic acids is 1. The molecule has 6 nitrogen and oxygen atoms in total. The van der Waals surface area contributed by atoms with Crippen LogP contribution in [0.15, 0.2) is 27.4 Å². The first-order valence-corrected chi connectivity index (χ1v) is 9.39. The van der Waals surface area contributed by atoms with E-state index in [4.69, 9.17) is 10.2 Å². The lowest BCUT2D eigenvalue weighted by Crippen LogP contribution is -2.18. The zero-order valence-corrected chi connectivity index (χ0v) is 15.7. The Morgan fingerprint density at radius 2 is 1.89 bits per heavy atom. The monoisotopic (exact) mass is 368 g/mol. The molecular weight excluding hydrogens is 344 g/mol. The average Bonchev–Trinajstić information content (AvgIpc) is 2.65.